The standard InChI is InChI=1S/C28H33N3O7/c1-35-22-10-6-19(7-11-22)25-26(20-8-12-23(36-2)13-9-20)38-27(29-25)21-14-17-30(18-15-21)28(33)31(34)16-4-5-24(32)37-3/h6-13,21,34H,4-5,14-18H2,1-3H3. The molecule has 10 nitrogen and oxygen atoms in total. The van der Waals surface area contributed by atoms with Gasteiger partial charge in [0, 0.05) is 36.6 Å². The minimum atomic E-state index is -0.474. The third-order valence-corrected chi connectivity index (χ3v) is 6.67. The number of hydrogen-bond acceptors (Lipinski definition) is 8. The number of hydrogen-bond donors (Lipinski definition) is 1. The third kappa shape index (κ3) is 6.25. The number of methoxy groups -OCH3 is 3. The minimum absolute atomic E-state index is 0.0227. The summed E-state index contributed by atoms with van der Waals surface area (Å²) < 4.78 is 21.5. The summed E-state index contributed by atoms with van der Waals surface area (Å²) in [7, 11) is 4.56. The number of ether oxygens (including phenoxy) is 3. The van der Waals surface area contributed by atoms with E-state index in [9.17, 15) is 14.8 Å². The van der Waals surface area contributed by atoms with Gasteiger partial charge in [0.1, 0.15) is 17.2 Å². The molecule has 0 atom stereocenters. The van der Waals surface area contributed by atoms with Gasteiger partial charge in [-0.1, -0.05) is 0 Å². The van der Waals surface area contributed by atoms with Gasteiger partial charge in [0.05, 0.1) is 27.9 Å². The van der Waals surface area contributed by atoms with E-state index in [1.165, 1.54) is 7.11 Å². The van der Waals surface area contributed by atoms with E-state index in [1.54, 1.807) is 19.1 Å². The van der Waals surface area contributed by atoms with Crippen LogP contribution in [0.5, 0.6) is 11.5 Å². The van der Waals surface area contributed by atoms with E-state index in [2.05, 4.69) is 4.74 Å². The highest BCUT2D eigenvalue weighted by Crippen LogP contribution is 2.38. The monoisotopic (exact) mass is 523 g/mol. The lowest BCUT2D eigenvalue weighted by Gasteiger charge is -2.32. The normalized spacial score (nSPS) is 13.7. The highest BCUT2D eigenvalue weighted by Gasteiger charge is 2.30. The van der Waals surface area contributed by atoms with Crippen LogP contribution in [-0.4, -0.2) is 73.1 Å². The van der Waals surface area contributed by atoms with E-state index in [4.69, 9.17) is 18.9 Å². The van der Waals surface area contributed by atoms with Crippen LogP contribution in [0.3, 0.4) is 0 Å². The zero-order chi connectivity index (χ0) is 27.1. The van der Waals surface area contributed by atoms with Crippen LogP contribution in [0.15, 0.2) is 52.9 Å². The Labute approximate surface area is 221 Å². The van der Waals surface area contributed by atoms with Crippen LogP contribution in [0.25, 0.3) is 22.6 Å². The van der Waals surface area contributed by atoms with Gasteiger partial charge in [-0.3, -0.25) is 10.0 Å². The molecular formula is C28H33N3O7. The SMILES string of the molecule is COC(=O)CCCN(O)C(=O)N1CCC(c2nc(-c3ccc(OC)cc3)c(-c3ccc(OC)cc3)o2)CC1. The summed E-state index contributed by atoms with van der Waals surface area (Å²) in [5.74, 6) is 2.43. The number of esters is 1. The van der Waals surface area contributed by atoms with Gasteiger partial charge in [-0.25, -0.2) is 14.8 Å². The zero-order valence-corrected chi connectivity index (χ0v) is 21.9. The number of piperidine rings is 1. The Bertz CT molecular complexity index is 1150. The van der Waals surface area contributed by atoms with Crippen molar-refractivity contribution in [1.82, 2.24) is 14.9 Å². The molecule has 3 aromatic rings. The third-order valence-electron chi connectivity index (χ3n) is 6.67. The summed E-state index contributed by atoms with van der Waals surface area (Å²) in [6, 6.07) is 14.8. The summed E-state index contributed by atoms with van der Waals surface area (Å²) in [5.41, 5.74) is 2.52. The number of hydroxylamine groups is 2. The Hall–Kier alpha value is -4.05. The number of amides is 2. The second kappa shape index (κ2) is 12.5. The molecule has 0 saturated carbocycles. The fraction of sp³-hybridized carbons (Fsp3) is 0.393. The molecule has 10 heteroatoms. The van der Waals surface area contributed by atoms with Gasteiger partial charge >= 0.3 is 12.0 Å². The average Bonchev–Trinajstić information content (AvgIpc) is 3.42. The van der Waals surface area contributed by atoms with E-state index >= 15 is 0 Å². The number of likely N-dealkylation sites (tertiary alicyclic amines) is 1. The van der Waals surface area contributed by atoms with Crippen molar-refractivity contribution in [3.63, 3.8) is 0 Å². The first-order valence-corrected chi connectivity index (χ1v) is 12.5. The van der Waals surface area contributed by atoms with Gasteiger partial charge in [0.25, 0.3) is 0 Å². The van der Waals surface area contributed by atoms with E-state index in [1.807, 2.05) is 48.5 Å². The molecule has 2 aromatic carbocycles. The Kier molecular flexibility index (Phi) is 8.85. The first kappa shape index (κ1) is 27.0. The summed E-state index contributed by atoms with van der Waals surface area (Å²) in [5, 5.41) is 10.8. The maximum absolute atomic E-state index is 12.6. The van der Waals surface area contributed by atoms with Crippen LogP contribution in [0.2, 0.25) is 0 Å². The van der Waals surface area contributed by atoms with Crippen molar-refractivity contribution in [3.8, 4) is 34.1 Å². The van der Waals surface area contributed by atoms with Gasteiger partial charge in [0.15, 0.2) is 11.7 Å². The van der Waals surface area contributed by atoms with Gasteiger partial charge < -0.3 is 23.5 Å². The second-order valence-corrected chi connectivity index (χ2v) is 9.03. The molecule has 1 aromatic heterocycles. The highest BCUT2D eigenvalue weighted by atomic mass is 16.5. The molecule has 4 rings (SSSR count). The maximum atomic E-state index is 12.6. The Morgan fingerprint density at radius 3 is 2.11 bits per heavy atom. The van der Waals surface area contributed by atoms with Crippen molar-refractivity contribution in [3.05, 3.63) is 54.4 Å². The van der Waals surface area contributed by atoms with Crippen LogP contribution in [0.4, 0.5) is 4.79 Å². The summed E-state index contributed by atoms with van der Waals surface area (Å²) in [6.45, 7) is 0.968. The number of aromatic nitrogens is 1. The van der Waals surface area contributed by atoms with Gasteiger partial charge in [0.2, 0.25) is 0 Å². The first-order valence-electron chi connectivity index (χ1n) is 12.5. The number of oxazole rings is 1. The number of urea groups is 1. The molecule has 38 heavy (non-hydrogen) atoms. The molecule has 1 aliphatic rings. The van der Waals surface area contributed by atoms with Crippen LogP contribution in [-0.2, 0) is 9.53 Å². The molecule has 0 unspecified atom stereocenters. The number of carbonyl (C=O) groups is 2. The summed E-state index contributed by atoms with van der Waals surface area (Å²) in [6.07, 6.45) is 1.75. The van der Waals surface area contributed by atoms with E-state index in [0.29, 0.717) is 49.1 Å². The lowest BCUT2D eigenvalue weighted by atomic mass is 9.97. The van der Waals surface area contributed by atoms with Crippen molar-refractivity contribution < 1.29 is 33.4 Å². The van der Waals surface area contributed by atoms with Crippen LogP contribution >= 0.6 is 0 Å². The molecular weight excluding hydrogens is 490 g/mol. The molecule has 2 amide bonds. The van der Waals surface area contributed by atoms with Crippen LogP contribution in [0.1, 0.15) is 37.5 Å². The zero-order valence-electron chi connectivity index (χ0n) is 21.9. The van der Waals surface area contributed by atoms with Crippen LogP contribution < -0.4 is 9.47 Å². The predicted octanol–water partition coefficient (Wildman–Crippen LogP) is 4.97. The Balaban J connectivity index is 1.48. The van der Waals surface area contributed by atoms with Gasteiger partial charge in [-0.15, -0.1) is 0 Å². The molecule has 0 spiro atoms. The minimum Gasteiger partial charge on any atom is -0.497 e. The quantitative estimate of drug-likeness (QED) is 0.238. The van der Waals surface area contributed by atoms with Crippen LogP contribution in [0, 0.1) is 0 Å². The molecule has 2 heterocycles. The van der Waals surface area contributed by atoms with E-state index in [-0.39, 0.29) is 24.9 Å². The van der Waals surface area contributed by atoms with Crippen molar-refractivity contribution in [2.24, 2.45) is 0 Å². The van der Waals surface area contributed by atoms with Crippen molar-refractivity contribution in [2.45, 2.75) is 31.6 Å². The second-order valence-electron chi connectivity index (χ2n) is 9.03. The Morgan fingerprint density at radius 2 is 1.55 bits per heavy atom. The van der Waals surface area contributed by atoms with Crippen molar-refractivity contribution >= 4 is 12.0 Å². The van der Waals surface area contributed by atoms with Gasteiger partial charge in [-0.2, -0.15) is 0 Å². The van der Waals surface area contributed by atoms with E-state index in [0.717, 1.165) is 28.3 Å². The molecule has 0 radical (unpaired) electrons. The molecule has 1 aliphatic heterocycles. The number of benzene rings is 2. The molecule has 1 saturated heterocycles. The summed E-state index contributed by atoms with van der Waals surface area (Å²) >= 11 is 0. The summed E-state index contributed by atoms with van der Waals surface area (Å²) in [4.78, 5) is 30.4. The molecule has 202 valence electrons. The lowest BCUT2D eigenvalue weighted by Crippen LogP contribution is -2.45. The molecule has 0 bridgehead atoms. The van der Waals surface area contributed by atoms with Crippen molar-refractivity contribution in [1.29, 1.82) is 0 Å². The number of rotatable bonds is 9. The largest absolute Gasteiger partial charge is 0.497 e. The first-order chi connectivity index (χ1) is 18.4. The highest BCUT2D eigenvalue weighted by molar-refractivity contribution is 5.77. The predicted molar refractivity (Wildman–Crippen MR) is 139 cm³/mol. The van der Waals surface area contributed by atoms with E-state index < -0.39 is 6.03 Å². The maximum Gasteiger partial charge on any atom is 0.343 e. The molecule has 0 aliphatic carbocycles. The lowest BCUT2D eigenvalue weighted by molar-refractivity contribution is -0.141. The average molecular weight is 524 g/mol. The van der Waals surface area contributed by atoms with Gasteiger partial charge in [-0.05, 0) is 67.8 Å². The smallest absolute Gasteiger partial charge is 0.343 e. The number of nitrogens with zero attached hydrogens (tertiary/aromatic N) is 3. The topological polar surface area (TPSA) is 115 Å². The molecule has 1 N–H and O–H groups in total. The molecule has 1 fully saturated rings. The fourth-order valence-corrected chi connectivity index (χ4v) is 4.45. The van der Waals surface area contributed by atoms with Crippen molar-refractivity contribution in [2.75, 3.05) is 41.0 Å². The Morgan fingerprint density at radius 1 is 0.974 bits per heavy atom. The number of carbonyl (C=O) groups excluding carboxylic acids is 2. The fourth-order valence-electron chi connectivity index (χ4n) is 4.45.